The molecule has 1 aliphatic rings. The summed E-state index contributed by atoms with van der Waals surface area (Å²) in [5.41, 5.74) is 3.78. The molecule has 4 rings (SSSR count). The van der Waals surface area contributed by atoms with E-state index in [9.17, 15) is 9.59 Å². The summed E-state index contributed by atoms with van der Waals surface area (Å²) in [4.78, 5) is 26.5. The van der Waals surface area contributed by atoms with Crippen molar-refractivity contribution >= 4 is 23.6 Å². The molecule has 0 unspecified atom stereocenters. The molecule has 1 aliphatic heterocycles. The number of carbonyl (C=O) groups excluding carboxylic acids is 2. The van der Waals surface area contributed by atoms with Crippen molar-refractivity contribution in [2.24, 2.45) is 0 Å². The molecule has 156 valence electrons. The molecule has 0 spiro atoms. The van der Waals surface area contributed by atoms with Gasteiger partial charge in [-0.15, -0.1) is 0 Å². The molecule has 5 heteroatoms. The van der Waals surface area contributed by atoms with Crippen LogP contribution >= 0.6 is 0 Å². The maximum atomic E-state index is 12.7. The molecule has 0 aliphatic carbocycles. The first-order valence-electron chi connectivity index (χ1n) is 10.2. The number of anilines is 1. The first kappa shape index (κ1) is 20.4. The predicted molar refractivity (Wildman–Crippen MR) is 121 cm³/mol. The highest BCUT2D eigenvalue weighted by Gasteiger charge is 2.28. The van der Waals surface area contributed by atoms with Crippen LogP contribution in [0.2, 0.25) is 0 Å². The van der Waals surface area contributed by atoms with Crippen LogP contribution in [0.4, 0.5) is 5.69 Å². The van der Waals surface area contributed by atoms with E-state index in [1.165, 1.54) is 6.92 Å². The van der Waals surface area contributed by atoms with Gasteiger partial charge >= 0.3 is 0 Å². The average Bonchev–Trinajstić information content (AvgIpc) is 2.79. The molecule has 5 nitrogen and oxygen atoms in total. The zero-order valence-electron chi connectivity index (χ0n) is 17.3. The Balaban J connectivity index is 1.39. The van der Waals surface area contributed by atoms with Crippen molar-refractivity contribution in [3.63, 3.8) is 0 Å². The van der Waals surface area contributed by atoms with Crippen molar-refractivity contribution in [2.75, 3.05) is 5.32 Å². The second-order valence-corrected chi connectivity index (χ2v) is 7.44. The Bertz CT molecular complexity index is 1090. The molecule has 2 amide bonds. The van der Waals surface area contributed by atoms with Gasteiger partial charge < -0.3 is 15.0 Å². The summed E-state index contributed by atoms with van der Waals surface area (Å²) in [6.07, 6.45) is 3.83. The highest BCUT2D eigenvalue weighted by Crippen LogP contribution is 2.33. The molecular formula is C26H24N2O3. The first-order valence-corrected chi connectivity index (χ1v) is 10.2. The molecule has 0 saturated heterocycles. The summed E-state index contributed by atoms with van der Waals surface area (Å²) in [6.45, 7) is 2.00. The molecule has 0 aromatic heterocycles. The lowest BCUT2D eigenvalue weighted by Crippen LogP contribution is -2.33. The molecule has 0 bridgehead atoms. The molecule has 31 heavy (non-hydrogen) atoms. The largest absolute Gasteiger partial charge is 0.489 e. The summed E-state index contributed by atoms with van der Waals surface area (Å²) in [7, 11) is 0. The van der Waals surface area contributed by atoms with Gasteiger partial charge in [0.1, 0.15) is 12.4 Å². The van der Waals surface area contributed by atoms with Crippen molar-refractivity contribution < 1.29 is 14.3 Å². The van der Waals surface area contributed by atoms with Crippen LogP contribution in [0.5, 0.6) is 5.75 Å². The Kier molecular flexibility index (Phi) is 6.13. The van der Waals surface area contributed by atoms with Gasteiger partial charge in [-0.1, -0.05) is 54.6 Å². The van der Waals surface area contributed by atoms with Crippen molar-refractivity contribution in [1.29, 1.82) is 0 Å². The number of rotatable bonds is 6. The van der Waals surface area contributed by atoms with Crippen LogP contribution < -0.4 is 10.1 Å². The van der Waals surface area contributed by atoms with E-state index in [4.69, 9.17) is 4.74 Å². The number of hydrogen-bond acceptors (Lipinski definition) is 3. The van der Waals surface area contributed by atoms with E-state index in [-0.39, 0.29) is 24.3 Å². The number of hydrogen-bond donors (Lipinski definition) is 1. The van der Waals surface area contributed by atoms with Crippen LogP contribution in [0.25, 0.3) is 6.08 Å². The SMILES string of the molecule is CC(=O)N1C=Cc2ccccc2[C@H]1CC(=O)Nc1ccc(OCc2ccccc2)cc1. The van der Waals surface area contributed by atoms with Crippen LogP contribution in [-0.4, -0.2) is 16.7 Å². The summed E-state index contributed by atoms with van der Waals surface area (Å²) < 4.78 is 5.79. The maximum Gasteiger partial charge on any atom is 0.226 e. The Labute approximate surface area is 182 Å². The number of ether oxygens (including phenoxy) is 1. The fourth-order valence-electron chi connectivity index (χ4n) is 3.68. The van der Waals surface area contributed by atoms with Crippen molar-refractivity contribution in [3.05, 3.63) is 102 Å². The summed E-state index contributed by atoms with van der Waals surface area (Å²) in [6, 6.07) is 24.7. The normalized spacial score (nSPS) is 14.6. The van der Waals surface area contributed by atoms with E-state index < -0.39 is 0 Å². The summed E-state index contributed by atoms with van der Waals surface area (Å²) >= 11 is 0. The molecule has 0 fully saturated rings. The number of amides is 2. The van der Waals surface area contributed by atoms with Crippen LogP contribution in [0, 0.1) is 0 Å². The minimum Gasteiger partial charge on any atom is -0.489 e. The van der Waals surface area contributed by atoms with Crippen LogP contribution in [0.3, 0.4) is 0 Å². The van der Waals surface area contributed by atoms with E-state index in [2.05, 4.69) is 5.32 Å². The molecule has 1 N–H and O–H groups in total. The third-order valence-electron chi connectivity index (χ3n) is 5.23. The summed E-state index contributed by atoms with van der Waals surface area (Å²) in [5.74, 6) is 0.485. The topological polar surface area (TPSA) is 58.6 Å². The molecule has 0 saturated carbocycles. The van der Waals surface area contributed by atoms with Crippen LogP contribution in [0.1, 0.15) is 36.1 Å². The van der Waals surface area contributed by atoms with Crippen LogP contribution in [-0.2, 0) is 16.2 Å². The number of nitrogens with zero attached hydrogens (tertiary/aromatic N) is 1. The van der Waals surface area contributed by atoms with Gasteiger partial charge in [-0.3, -0.25) is 9.59 Å². The molecule has 1 heterocycles. The Morgan fingerprint density at radius 1 is 0.935 bits per heavy atom. The smallest absolute Gasteiger partial charge is 0.226 e. The van der Waals surface area contributed by atoms with E-state index in [0.717, 1.165) is 22.4 Å². The van der Waals surface area contributed by atoms with Gasteiger partial charge in [-0.2, -0.15) is 0 Å². The molecule has 3 aromatic rings. The second-order valence-electron chi connectivity index (χ2n) is 7.44. The van der Waals surface area contributed by atoms with E-state index in [0.29, 0.717) is 12.3 Å². The third-order valence-corrected chi connectivity index (χ3v) is 5.23. The lowest BCUT2D eigenvalue weighted by Gasteiger charge is -2.32. The highest BCUT2D eigenvalue weighted by molar-refractivity contribution is 5.92. The van der Waals surface area contributed by atoms with Crippen molar-refractivity contribution in [3.8, 4) is 5.75 Å². The van der Waals surface area contributed by atoms with Gasteiger partial charge in [0.15, 0.2) is 0 Å². The number of carbonyl (C=O) groups is 2. The summed E-state index contributed by atoms with van der Waals surface area (Å²) in [5, 5.41) is 2.92. The third kappa shape index (κ3) is 5.01. The Morgan fingerprint density at radius 3 is 2.39 bits per heavy atom. The van der Waals surface area contributed by atoms with E-state index in [1.807, 2.05) is 84.9 Å². The van der Waals surface area contributed by atoms with Gasteiger partial charge in [-0.25, -0.2) is 0 Å². The van der Waals surface area contributed by atoms with Crippen LogP contribution in [0.15, 0.2) is 85.1 Å². The zero-order chi connectivity index (χ0) is 21.6. The fraction of sp³-hybridized carbons (Fsp3) is 0.154. The monoisotopic (exact) mass is 412 g/mol. The molecule has 3 aromatic carbocycles. The van der Waals surface area contributed by atoms with Gasteiger partial charge in [0.05, 0.1) is 12.5 Å². The minimum absolute atomic E-state index is 0.0940. The van der Waals surface area contributed by atoms with E-state index in [1.54, 1.807) is 11.1 Å². The quantitative estimate of drug-likeness (QED) is 0.608. The van der Waals surface area contributed by atoms with E-state index >= 15 is 0 Å². The molecule has 1 atom stereocenters. The molecular weight excluding hydrogens is 388 g/mol. The highest BCUT2D eigenvalue weighted by atomic mass is 16.5. The van der Waals surface area contributed by atoms with Gasteiger partial charge in [0.25, 0.3) is 0 Å². The van der Waals surface area contributed by atoms with Gasteiger partial charge in [0.2, 0.25) is 11.8 Å². The lowest BCUT2D eigenvalue weighted by molar-refractivity contribution is -0.129. The van der Waals surface area contributed by atoms with Crippen molar-refractivity contribution in [2.45, 2.75) is 26.0 Å². The fourth-order valence-corrected chi connectivity index (χ4v) is 3.68. The maximum absolute atomic E-state index is 12.7. The Morgan fingerprint density at radius 2 is 1.65 bits per heavy atom. The molecule has 0 radical (unpaired) electrons. The lowest BCUT2D eigenvalue weighted by atomic mass is 9.93. The number of fused-ring (bicyclic) bond motifs is 1. The first-order chi connectivity index (χ1) is 15.1. The Hall–Kier alpha value is -3.86. The predicted octanol–water partition coefficient (Wildman–Crippen LogP) is 5.17. The number of nitrogens with one attached hydrogen (secondary N) is 1. The minimum atomic E-state index is -0.327. The zero-order valence-corrected chi connectivity index (χ0v) is 17.3. The standard InChI is InChI=1S/C26H24N2O3/c1-19(29)28-16-15-21-9-5-6-10-24(21)25(28)17-26(30)27-22-11-13-23(14-12-22)31-18-20-7-3-2-4-8-20/h2-16,25H,17-18H2,1H3,(H,27,30)/t25-/m1/s1. The average molecular weight is 412 g/mol. The van der Waals surface area contributed by atoms with Crippen molar-refractivity contribution in [1.82, 2.24) is 4.90 Å². The number of benzene rings is 3. The van der Waals surface area contributed by atoms with Gasteiger partial charge in [0, 0.05) is 18.8 Å². The van der Waals surface area contributed by atoms with Gasteiger partial charge in [-0.05, 0) is 47.0 Å². The second kappa shape index (κ2) is 9.30.